The molecule has 3 nitrogen and oxygen atoms in total. The molecule has 0 radical (unpaired) electrons. The summed E-state index contributed by atoms with van der Waals surface area (Å²) in [4.78, 5) is 21.7. The molecule has 0 heterocycles. The van der Waals surface area contributed by atoms with E-state index >= 15 is 0 Å². The number of rotatable bonds is 6. The Morgan fingerprint density at radius 1 is 1.25 bits per heavy atom. The third-order valence-corrected chi connectivity index (χ3v) is 2.45. The predicted octanol–water partition coefficient (Wildman–Crippen LogP) is 2.69. The maximum absolute atomic E-state index is 11.2. The van der Waals surface area contributed by atoms with Crippen LogP contribution in [-0.4, -0.2) is 16.9 Å². The lowest BCUT2D eigenvalue weighted by atomic mass is 10.0. The van der Waals surface area contributed by atoms with E-state index in [2.05, 4.69) is 6.92 Å². The standard InChI is InChI=1S/C13H16O3/c1-2-3-4-6-10-7-5-8-11(9-10)12(14)13(15)16/h5,7-9H,2-4,6H2,1H3,(H,15,16). The lowest BCUT2D eigenvalue weighted by molar-refractivity contribution is -0.131. The van der Waals surface area contributed by atoms with Gasteiger partial charge in [-0.1, -0.05) is 38.0 Å². The molecule has 86 valence electrons. The van der Waals surface area contributed by atoms with Crippen molar-refractivity contribution in [1.82, 2.24) is 0 Å². The first kappa shape index (κ1) is 12.4. The molecule has 0 aliphatic carbocycles. The van der Waals surface area contributed by atoms with Gasteiger partial charge in [-0.2, -0.15) is 0 Å². The van der Waals surface area contributed by atoms with E-state index in [1.807, 2.05) is 6.07 Å². The molecule has 0 aliphatic rings. The molecule has 1 aromatic rings. The molecule has 0 saturated heterocycles. The second-order valence-electron chi connectivity index (χ2n) is 3.79. The molecule has 0 bridgehead atoms. The first-order valence-electron chi connectivity index (χ1n) is 5.51. The molecular formula is C13H16O3. The molecule has 0 aromatic heterocycles. The number of Topliss-reactive ketones (excluding diaryl/α,β-unsaturated/α-hetero) is 1. The van der Waals surface area contributed by atoms with Crippen molar-refractivity contribution in [2.24, 2.45) is 0 Å². The number of hydrogen-bond donors (Lipinski definition) is 1. The highest BCUT2D eigenvalue weighted by Gasteiger charge is 2.14. The number of aryl methyl sites for hydroxylation is 1. The average Bonchev–Trinajstić information content (AvgIpc) is 2.29. The zero-order chi connectivity index (χ0) is 12.0. The Balaban J connectivity index is 2.71. The van der Waals surface area contributed by atoms with Crippen LogP contribution in [-0.2, 0) is 11.2 Å². The number of hydrogen-bond acceptors (Lipinski definition) is 2. The zero-order valence-corrected chi connectivity index (χ0v) is 9.40. The van der Waals surface area contributed by atoms with E-state index in [0.29, 0.717) is 0 Å². The summed E-state index contributed by atoms with van der Waals surface area (Å²) < 4.78 is 0. The van der Waals surface area contributed by atoms with Crippen LogP contribution in [0.4, 0.5) is 0 Å². The van der Waals surface area contributed by atoms with E-state index < -0.39 is 11.8 Å². The summed E-state index contributed by atoms with van der Waals surface area (Å²) in [5.41, 5.74) is 1.29. The van der Waals surface area contributed by atoms with Crippen LogP contribution in [0.25, 0.3) is 0 Å². The highest BCUT2D eigenvalue weighted by Crippen LogP contribution is 2.10. The lowest BCUT2D eigenvalue weighted by Gasteiger charge is -2.02. The van der Waals surface area contributed by atoms with Crippen LogP contribution in [0, 0.1) is 0 Å². The molecule has 1 aromatic carbocycles. The molecule has 0 spiro atoms. The number of carboxylic acids is 1. The minimum atomic E-state index is -1.40. The highest BCUT2D eigenvalue weighted by atomic mass is 16.4. The number of unbranched alkanes of at least 4 members (excludes halogenated alkanes) is 2. The number of carbonyl (C=O) groups is 2. The molecule has 0 saturated carbocycles. The normalized spacial score (nSPS) is 10.1. The third-order valence-electron chi connectivity index (χ3n) is 2.45. The summed E-state index contributed by atoms with van der Waals surface area (Å²) in [6.45, 7) is 2.13. The Kier molecular flexibility index (Phi) is 4.70. The van der Waals surface area contributed by atoms with Gasteiger partial charge in [-0.3, -0.25) is 4.79 Å². The Hall–Kier alpha value is -1.64. The van der Waals surface area contributed by atoms with Crippen LogP contribution < -0.4 is 0 Å². The van der Waals surface area contributed by atoms with Crippen LogP contribution >= 0.6 is 0 Å². The molecule has 0 amide bonds. The van der Waals surface area contributed by atoms with Crippen molar-refractivity contribution in [1.29, 1.82) is 0 Å². The van der Waals surface area contributed by atoms with Gasteiger partial charge in [-0.05, 0) is 24.5 Å². The number of carboxylic acid groups (broad SMARTS) is 1. The van der Waals surface area contributed by atoms with Crippen molar-refractivity contribution in [3.05, 3.63) is 35.4 Å². The van der Waals surface area contributed by atoms with Gasteiger partial charge in [0, 0.05) is 5.56 Å². The summed E-state index contributed by atoms with van der Waals surface area (Å²) in [5.74, 6) is -2.23. The SMILES string of the molecule is CCCCCc1cccc(C(=O)C(=O)O)c1. The Morgan fingerprint density at radius 3 is 2.62 bits per heavy atom. The zero-order valence-electron chi connectivity index (χ0n) is 9.40. The number of carbonyl (C=O) groups excluding carboxylic acids is 1. The molecule has 0 atom stereocenters. The fourth-order valence-corrected chi connectivity index (χ4v) is 1.57. The van der Waals surface area contributed by atoms with E-state index in [4.69, 9.17) is 5.11 Å². The van der Waals surface area contributed by atoms with Crippen molar-refractivity contribution in [2.75, 3.05) is 0 Å². The second-order valence-corrected chi connectivity index (χ2v) is 3.79. The summed E-state index contributed by atoms with van der Waals surface area (Å²) in [6.07, 6.45) is 4.26. The fourth-order valence-electron chi connectivity index (χ4n) is 1.57. The molecule has 1 rings (SSSR count). The largest absolute Gasteiger partial charge is 0.475 e. The molecular weight excluding hydrogens is 204 g/mol. The van der Waals surface area contributed by atoms with Gasteiger partial charge in [0.2, 0.25) is 0 Å². The second kappa shape index (κ2) is 6.05. The molecule has 3 heteroatoms. The third kappa shape index (κ3) is 3.50. The van der Waals surface area contributed by atoms with Crippen molar-refractivity contribution in [2.45, 2.75) is 32.6 Å². The molecule has 0 fully saturated rings. The predicted molar refractivity (Wildman–Crippen MR) is 61.6 cm³/mol. The van der Waals surface area contributed by atoms with Gasteiger partial charge in [0.1, 0.15) is 0 Å². The number of benzene rings is 1. The first-order chi connectivity index (χ1) is 7.65. The van der Waals surface area contributed by atoms with Gasteiger partial charge in [0.25, 0.3) is 5.78 Å². The van der Waals surface area contributed by atoms with Crippen molar-refractivity contribution >= 4 is 11.8 Å². The maximum atomic E-state index is 11.2. The van der Waals surface area contributed by atoms with Crippen molar-refractivity contribution < 1.29 is 14.7 Å². The van der Waals surface area contributed by atoms with Gasteiger partial charge < -0.3 is 5.11 Å². The van der Waals surface area contributed by atoms with E-state index in [1.54, 1.807) is 18.2 Å². The van der Waals surface area contributed by atoms with E-state index in [9.17, 15) is 9.59 Å². The summed E-state index contributed by atoms with van der Waals surface area (Å²) in [5, 5.41) is 8.59. The van der Waals surface area contributed by atoms with Gasteiger partial charge in [0.05, 0.1) is 0 Å². The fraction of sp³-hybridized carbons (Fsp3) is 0.385. The topological polar surface area (TPSA) is 54.4 Å². The Bertz CT molecular complexity index is 383. The van der Waals surface area contributed by atoms with E-state index in [-0.39, 0.29) is 5.56 Å². The average molecular weight is 220 g/mol. The molecule has 16 heavy (non-hydrogen) atoms. The van der Waals surface area contributed by atoms with Crippen LogP contribution in [0.5, 0.6) is 0 Å². The van der Waals surface area contributed by atoms with Gasteiger partial charge in [-0.15, -0.1) is 0 Å². The van der Waals surface area contributed by atoms with E-state index in [0.717, 1.165) is 31.2 Å². The van der Waals surface area contributed by atoms with Gasteiger partial charge >= 0.3 is 5.97 Å². The molecule has 1 N–H and O–H groups in total. The lowest BCUT2D eigenvalue weighted by Crippen LogP contribution is -2.12. The Morgan fingerprint density at radius 2 is 2.00 bits per heavy atom. The maximum Gasteiger partial charge on any atom is 0.377 e. The van der Waals surface area contributed by atoms with Crippen molar-refractivity contribution in [3.8, 4) is 0 Å². The van der Waals surface area contributed by atoms with Crippen LogP contribution in [0.2, 0.25) is 0 Å². The highest BCUT2D eigenvalue weighted by molar-refractivity contribution is 6.39. The van der Waals surface area contributed by atoms with Crippen LogP contribution in [0.15, 0.2) is 24.3 Å². The quantitative estimate of drug-likeness (QED) is 0.455. The summed E-state index contributed by atoms with van der Waals surface area (Å²) in [7, 11) is 0. The number of aliphatic carboxylic acids is 1. The summed E-state index contributed by atoms with van der Waals surface area (Å²) in [6, 6.07) is 6.87. The van der Waals surface area contributed by atoms with Crippen LogP contribution in [0.3, 0.4) is 0 Å². The minimum Gasteiger partial charge on any atom is -0.475 e. The molecule has 0 aliphatic heterocycles. The Labute approximate surface area is 95.1 Å². The van der Waals surface area contributed by atoms with Crippen LogP contribution in [0.1, 0.15) is 42.1 Å². The smallest absolute Gasteiger partial charge is 0.377 e. The monoisotopic (exact) mass is 220 g/mol. The van der Waals surface area contributed by atoms with E-state index in [1.165, 1.54) is 0 Å². The van der Waals surface area contributed by atoms with Crippen molar-refractivity contribution in [3.63, 3.8) is 0 Å². The minimum absolute atomic E-state index is 0.265. The number of ketones is 1. The molecule has 0 unspecified atom stereocenters. The van der Waals surface area contributed by atoms with Gasteiger partial charge in [0.15, 0.2) is 0 Å². The van der Waals surface area contributed by atoms with Gasteiger partial charge in [-0.25, -0.2) is 4.79 Å². The summed E-state index contributed by atoms with van der Waals surface area (Å²) >= 11 is 0. The first-order valence-corrected chi connectivity index (χ1v) is 5.51.